The van der Waals surface area contributed by atoms with E-state index in [2.05, 4.69) is 39.0 Å². The van der Waals surface area contributed by atoms with Crippen LogP contribution in [-0.4, -0.2) is 98.8 Å². The molecule has 0 aromatic rings. The van der Waals surface area contributed by atoms with Crippen LogP contribution >= 0.6 is 24.0 Å². The maximum atomic E-state index is 6.09. The van der Waals surface area contributed by atoms with Gasteiger partial charge in [0.05, 0.1) is 12.2 Å². The van der Waals surface area contributed by atoms with E-state index in [9.17, 15) is 0 Å². The third-order valence-electron chi connectivity index (χ3n) is 6.68. The number of halogens is 1. The zero-order valence-electron chi connectivity index (χ0n) is 15.9. The summed E-state index contributed by atoms with van der Waals surface area (Å²) in [5, 5.41) is 3.64. The third kappa shape index (κ3) is 3.94. The lowest BCUT2D eigenvalue weighted by molar-refractivity contribution is 0.0766. The molecule has 0 aromatic carbocycles. The molecular formula is C18H34IN5O. The number of piperazine rings is 1. The van der Waals surface area contributed by atoms with Crippen molar-refractivity contribution in [3.8, 4) is 0 Å². The second-order valence-corrected chi connectivity index (χ2v) is 8.14. The van der Waals surface area contributed by atoms with E-state index in [-0.39, 0.29) is 24.0 Å². The summed E-state index contributed by atoms with van der Waals surface area (Å²) in [6, 6.07) is 0.553. The molecule has 4 aliphatic rings. The number of nitrogens with zero attached hydrogens (tertiary/aromatic N) is 4. The first-order valence-corrected chi connectivity index (χ1v) is 9.69. The second kappa shape index (κ2) is 8.27. The van der Waals surface area contributed by atoms with Crippen molar-refractivity contribution in [2.24, 2.45) is 16.8 Å². The number of hydrogen-bond acceptors (Lipinski definition) is 4. The van der Waals surface area contributed by atoms with Crippen molar-refractivity contribution in [3.05, 3.63) is 0 Å². The van der Waals surface area contributed by atoms with Gasteiger partial charge in [0, 0.05) is 70.7 Å². The molecule has 0 aliphatic carbocycles. The van der Waals surface area contributed by atoms with Gasteiger partial charge in [-0.05, 0) is 26.8 Å². The zero-order chi connectivity index (χ0) is 16.7. The van der Waals surface area contributed by atoms with E-state index in [1.807, 2.05) is 7.05 Å². The zero-order valence-corrected chi connectivity index (χ0v) is 18.2. The number of nitrogens with one attached hydrogen (secondary N) is 1. The van der Waals surface area contributed by atoms with Crippen LogP contribution in [0.2, 0.25) is 0 Å². The molecule has 0 radical (unpaired) electrons. The number of fused-ring (bicyclic) bond motifs is 5. The summed E-state index contributed by atoms with van der Waals surface area (Å²) in [4.78, 5) is 12.0. The average Bonchev–Trinajstić information content (AvgIpc) is 3.29. The quantitative estimate of drug-likeness (QED) is 0.383. The Labute approximate surface area is 169 Å². The standard InChI is InChI=1S/C18H33N5O.HI/c1-13(22-8-6-21(3)7-9-22)10-20-18(19-2)23-11-14-15(12-23)17-5-4-16(14)24-17;/h13-17H,4-12H2,1-3H3,(H,19,20);1H. The van der Waals surface area contributed by atoms with Gasteiger partial charge in [0.15, 0.2) is 5.96 Å². The Morgan fingerprint density at radius 3 is 2.28 bits per heavy atom. The predicted molar refractivity (Wildman–Crippen MR) is 112 cm³/mol. The Balaban J connectivity index is 0.00000182. The van der Waals surface area contributed by atoms with E-state index >= 15 is 0 Å². The number of aliphatic imine (C=N–C) groups is 1. The lowest BCUT2D eigenvalue weighted by Gasteiger charge is -2.37. The van der Waals surface area contributed by atoms with Gasteiger partial charge in [0.1, 0.15) is 0 Å². The first-order valence-electron chi connectivity index (χ1n) is 9.69. The van der Waals surface area contributed by atoms with Crippen molar-refractivity contribution in [3.63, 3.8) is 0 Å². The predicted octanol–water partition coefficient (Wildman–Crippen LogP) is 0.925. The maximum Gasteiger partial charge on any atom is 0.193 e. The molecule has 4 fully saturated rings. The Bertz CT molecular complexity index is 464. The molecular weight excluding hydrogens is 429 g/mol. The minimum absolute atomic E-state index is 0. The number of rotatable bonds is 3. The van der Waals surface area contributed by atoms with Crippen molar-refractivity contribution >= 4 is 29.9 Å². The topological polar surface area (TPSA) is 43.3 Å². The van der Waals surface area contributed by atoms with Crippen LogP contribution in [0.5, 0.6) is 0 Å². The Morgan fingerprint density at radius 2 is 1.72 bits per heavy atom. The van der Waals surface area contributed by atoms with Crippen LogP contribution in [0.3, 0.4) is 0 Å². The van der Waals surface area contributed by atoms with Gasteiger partial charge in [0.25, 0.3) is 0 Å². The molecule has 4 aliphatic heterocycles. The van der Waals surface area contributed by atoms with E-state index in [4.69, 9.17) is 4.74 Å². The summed E-state index contributed by atoms with van der Waals surface area (Å²) < 4.78 is 6.09. The van der Waals surface area contributed by atoms with Gasteiger partial charge in [-0.3, -0.25) is 9.89 Å². The van der Waals surface area contributed by atoms with Gasteiger partial charge < -0.3 is 19.9 Å². The van der Waals surface area contributed by atoms with Crippen molar-refractivity contribution in [2.75, 3.05) is 59.9 Å². The van der Waals surface area contributed by atoms with E-state index in [1.54, 1.807) is 0 Å². The number of ether oxygens (including phenoxy) is 1. The molecule has 0 saturated carbocycles. The summed E-state index contributed by atoms with van der Waals surface area (Å²) in [7, 11) is 4.13. The van der Waals surface area contributed by atoms with E-state index in [0.29, 0.717) is 18.2 Å². The van der Waals surface area contributed by atoms with Crippen LogP contribution in [-0.2, 0) is 4.74 Å². The fourth-order valence-corrected chi connectivity index (χ4v) is 5.10. The van der Waals surface area contributed by atoms with Crippen molar-refractivity contribution in [2.45, 2.75) is 38.0 Å². The Morgan fingerprint density at radius 1 is 1.12 bits per heavy atom. The second-order valence-electron chi connectivity index (χ2n) is 8.14. The van der Waals surface area contributed by atoms with Crippen LogP contribution in [0.15, 0.2) is 4.99 Å². The molecule has 144 valence electrons. The summed E-state index contributed by atoms with van der Waals surface area (Å²) in [5.74, 6) is 2.56. The van der Waals surface area contributed by atoms with E-state index in [1.165, 1.54) is 39.0 Å². The van der Waals surface area contributed by atoms with Gasteiger partial charge in [0.2, 0.25) is 0 Å². The SMILES string of the molecule is CN=C(NCC(C)N1CCN(C)CC1)N1CC2C3CCC(O3)C2C1.I. The molecule has 6 nitrogen and oxygen atoms in total. The number of likely N-dealkylation sites (tertiary alicyclic amines) is 1. The number of guanidine groups is 1. The minimum atomic E-state index is 0. The van der Waals surface area contributed by atoms with Gasteiger partial charge in [-0.15, -0.1) is 24.0 Å². The average molecular weight is 463 g/mol. The fourth-order valence-electron chi connectivity index (χ4n) is 5.10. The third-order valence-corrected chi connectivity index (χ3v) is 6.68. The molecule has 25 heavy (non-hydrogen) atoms. The normalized spacial score (nSPS) is 37.1. The molecule has 1 N–H and O–H groups in total. The highest BCUT2D eigenvalue weighted by Crippen LogP contribution is 2.47. The first-order chi connectivity index (χ1) is 11.7. The molecule has 7 heteroatoms. The fraction of sp³-hybridized carbons (Fsp3) is 0.944. The van der Waals surface area contributed by atoms with Crippen LogP contribution in [0.1, 0.15) is 19.8 Å². The molecule has 4 saturated heterocycles. The number of hydrogen-bond donors (Lipinski definition) is 1. The Kier molecular flexibility index (Phi) is 6.50. The van der Waals surface area contributed by atoms with E-state index < -0.39 is 0 Å². The molecule has 4 heterocycles. The highest BCUT2D eigenvalue weighted by atomic mass is 127. The van der Waals surface area contributed by atoms with Crippen LogP contribution < -0.4 is 5.32 Å². The largest absolute Gasteiger partial charge is 0.374 e. The van der Waals surface area contributed by atoms with Crippen LogP contribution in [0.4, 0.5) is 0 Å². The van der Waals surface area contributed by atoms with Gasteiger partial charge in [-0.25, -0.2) is 0 Å². The number of likely N-dealkylation sites (N-methyl/N-ethyl adjacent to an activating group) is 1. The highest BCUT2D eigenvalue weighted by molar-refractivity contribution is 14.0. The van der Waals surface area contributed by atoms with Crippen LogP contribution in [0.25, 0.3) is 0 Å². The molecule has 0 aromatic heterocycles. The molecule has 5 unspecified atom stereocenters. The molecule has 4 rings (SSSR count). The summed E-state index contributed by atoms with van der Waals surface area (Å²) in [6.45, 7) is 10.3. The van der Waals surface area contributed by atoms with Gasteiger partial charge >= 0.3 is 0 Å². The van der Waals surface area contributed by atoms with E-state index in [0.717, 1.165) is 37.4 Å². The van der Waals surface area contributed by atoms with Crippen molar-refractivity contribution in [1.29, 1.82) is 0 Å². The minimum Gasteiger partial charge on any atom is -0.374 e. The summed E-state index contributed by atoms with van der Waals surface area (Å²) in [5.41, 5.74) is 0. The molecule has 0 amide bonds. The monoisotopic (exact) mass is 463 g/mol. The summed E-state index contributed by atoms with van der Waals surface area (Å²) in [6.07, 6.45) is 3.58. The van der Waals surface area contributed by atoms with Crippen molar-refractivity contribution < 1.29 is 4.74 Å². The highest BCUT2D eigenvalue weighted by Gasteiger charge is 2.53. The Hall–Kier alpha value is -0.120. The van der Waals surface area contributed by atoms with Gasteiger partial charge in [-0.2, -0.15) is 0 Å². The lowest BCUT2D eigenvalue weighted by atomic mass is 9.82. The first kappa shape index (κ1) is 19.6. The molecule has 5 atom stereocenters. The van der Waals surface area contributed by atoms with Crippen molar-refractivity contribution in [1.82, 2.24) is 20.0 Å². The van der Waals surface area contributed by atoms with Gasteiger partial charge in [-0.1, -0.05) is 0 Å². The smallest absolute Gasteiger partial charge is 0.193 e. The molecule has 0 spiro atoms. The maximum absolute atomic E-state index is 6.09. The molecule has 2 bridgehead atoms. The van der Waals surface area contributed by atoms with Crippen LogP contribution in [0, 0.1) is 11.8 Å². The lowest BCUT2D eigenvalue weighted by Crippen LogP contribution is -2.52. The summed E-state index contributed by atoms with van der Waals surface area (Å²) >= 11 is 0.